The van der Waals surface area contributed by atoms with Crippen molar-refractivity contribution in [2.45, 2.75) is 6.10 Å². The molecule has 2 atom stereocenters. The molecule has 124 valence electrons. The van der Waals surface area contributed by atoms with Crippen LogP contribution in [0.15, 0.2) is 30.6 Å². The van der Waals surface area contributed by atoms with E-state index in [0.29, 0.717) is 13.1 Å². The molecule has 0 unspecified atom stereocenters. The van der Waals surface area contributed by atoms with Crippen molar-refractivity contribution in [2.75, 3.05) is 37.8 Å². The highest BCUT2D eigenvalue weighted by atomic mass is 32.2. The van der Waals surface area contributed by atoms with Crippen molar-refractivity contribution in [3.8, 4) is 0 Å². The molecule has 1 aliphatic heterocycles. The lowest BCUT2D eigenvalue weighted by Crippen LogP contribution is -2.33. The fourth-order valence-electron chi connectivity index (χ4n) is 2.85. The molecule has 2 aromatic heterocycles. The quantitative estimate of drug-likeness (QED) is 0.865. The van der Waals surface area contributed by atoms with E-state index in [0.717, 1.165) is 16.7 Å². The van der Waals surface area contributed by atoms with E-state index < -0.39 is 16.1 Å². The van der Waals surface area contributed by atoms with E-state index in [1.807, 2.05) is 23.1 Å². The number of hydrogen-bond acceptors (Lipinski definition) is 6. The van der Waals surface area contributed by atoms with Crippen LogP contribution in [0.25, 0.3) is 10.9 Å². The van der Waals surface area contributed by atoms with Gasteiger partial charge in [-0.2, -0.15) is 0 Å². The van der Waals surface area contributed by atoms with Crippen molar-refractivity contribution in [3.63, 3.8) is 0 Å². The molecule has 1 saturated heterocycles. The molecule has 7 nitrogen and oxygen atoms in total. The normalized spacial score (nSPS) is 22.2. The molecule has 0 radical (unpaired) electrons. The van der Waals surface area contributed by atoms with Crippen molar-refractivity contribution in [1.82, 2.24) is 14.3 Å². The molecule has 0 aliphatic carbocycles. The molecule has 0 bridgehead atoms. The Morgan fingerprint density at radius 3 is 2.78 bits per heavy atom. The van der Waals surface area contributed by atoms with Gasteiger partial charge in [-0.25, -0.2) is 17.7 Å². The average molecular weight is 336 g/mol. The Balaban J connectivity index is 1.86. The van der Waals surface area contributed by atoms with Gasteiger partial charge in [0.2, 0.25) is 10.0 Å². The maximum Gasteiger partial charge on any atom is 0.214 e. The summed E-state index contributed by atoms with van der Waals surface area (Å²) < 4.78 is 25.3. The van der Waals surface area contributed by atoms with Crippen LogP contribution in [0.1, 0.15) is 0 Å². The number of β-amino-alcohol motifs (C(OH)–C–C–N with tert-alkyl or cyclic N) is 1. The summed E-state index contributed by atoms with van der Waals surface area (Å²) in [5.41, 5.74) is 0.830. The highest BCUT2D eigenvalue weighted by molar-refractivity contribution is 7.89. The van der Waals surface area contributed by atoms with Crippen LogP contribution < -0.4 is 4.90 Å². The molecular weight excluding hydrogens is 316 g/mol. The predicted octanol–water partition coefficient (Wildman–Crippen LogP) is 0.318. The molecule has 1 aliphatic rings. The minimum absolute atomic E-state index is 0.0688. The third-order valence-corrected chi connectivity index (χ3v) is 6.16. The summed E-state index contributed by atoms with van der Waals surface area (Å²) in [6.07, 6.45) is 2.71. The van der Waals surface area contributed by atoms with Crippen LogP contribution in [0.2, 0.25) is 0 Å². The topological polar surface area (TPSA) is 86.6 Å². The highest BCUT2D eigenvalue weighted by Gasteiger charge is 2.36. The van der Waals surface area contributed by atoms with Crippen LogP contribution in [0.3, 0.4) is 0 Å². The summed E-state index contributed by atoms with van der Waals surface area (Å²) in [7, 11) is -0.336. The zero-order valence-corrected chi connectivity index (χ0v) is 13.9. The molecule has 0 spiro atoms. The van der Waals surface area contributed by atoms with E-state index in [1.54, 1.807) is 12.4 Å². The molecule has 2 aromatic rings. The van der Waals surface area contributed by atoms with Crippen LogP contribution in [0.5, 0.6) is 0 Å². The molecule has 1 fully saturated rings. The Kier molecular flexibility index (Phi) is 4.22. The fourth-order valence-corrected chi connectivity index (χ4v) is 4.02. The second kappa shape index (κ2) is 6.03. The van der Waals surface area contributed by atoms with Gasteiger partial charge in [0.05, 0.1) is 17.4 Å². The SMILES string of the molecule is CN(C)S(=O)(=O)C[C@@H]1CN(c2nccc3ncccc23)C[C@@H]1O. The molecule has 3 rings (SSSR count). The van der Waals surface area contributed by atoms with Crippen LogP contribution >= 0.6 is 0 Å². The average Bonchev–Trinajstić information content (AvgIpc) is 2.87. The third kappa shape index (κ3) is 3.15. The highest BCUT2D eigenvalue weighted by Crippen LogP contribution is 2.29. The summed E-state index contributed by atoms with van der Waals surface area (Å²) >= 11 is 0. The first-order valence-electron chi connectivity index (χ1n) is 7.41. The second-order valence-electron chi connectivity index (χ2n) is 6.00. The molecule has 0 amide bonds. The van der Waals surface area contributed by atoms with Gasteiger partial charge in [-0.15, -0.1) is 0 Å². The number of aliphatic hydroxyl groups excluding tert-OH is 1. The molecule has 8 heteroatoms. The van der Waals surface area contributed by atoms with Crippen molar-refractivity contribution >= 4 is 26.7 Å². The van der Waals surface area contributed by atoms with Gasteiger partial charge in [-0.05, 0) is 18.2 Å². The van der Waals surface area contributed by atoms with E-state index in [4.69, 9.17) is 0 Å². The van der Waals surface area contributed by atoms with Crippen LogP contribution in [-0.4, -0.2) is 66.8 Å². The largest absolute Gasteiger partial charge is 0.391 e. The maximum atomic E-state index is 12.1. The van der Waals surface area contributed by atoms with E-state index in [-0.39, 0.29) is 11.7 Å². The summed E-state index contributed by atoms with van der Waals surface area (Å²) in [5.74, 6) is 0.330. The summed E-state index contributed by atoms with van der Waals surface area (Å²) in [4.78, 5) is 10.6. The fraction of sp³-hybridized carbons (Fsp3) is 0.467. The lowest BCUT2D eigenvalue weighted by molar-refractivity contribution is 0.157. The van der Waals surface area contributed by atoms with Gasteiger partial charge >= 0.3 is 0 Å². The second-order valence-corrected chi connectivity index (χ2v) is 8.23. The van der Waals surface area contributed by atoms with Crippen LogP contribution in [-0.2, 0) is 10.0 Å². The zero-order valence-electron chi connectivity index (χ0n) is 13.1. The first-order valence-corrected chi connectivity index (χ1v) is 9.02. The number of aliphatic hydroxyl groups is 1. The van der Waals surface area contributed by atoms with Crippen molar-refractivity contribution in [2.24, 2.45) is 5.92 Å². The van der Waals surface area contributed by atoms with E-state index in [1.165, 1.54) is 18.4 Å². The molecular formula is C15H20N4O3S. The van der Waals surface area contributed by atoms with Gasteiger partial charge in [0, 0.05) is 50.9 Å². The van der Waals surface area contributed by atoms with Gasteiger partial charge in [-0.1, -0.05) is 0 Å². The first kappa shape index (κ1) is 16.1. The Hall–Kier alpha value is -1.77. The number of pyridine rings is 2. The maximum absolute atomic E-state index is 12.1. The van der Waals surface area contributed by atoms with Gasteiger partial charge in [-0.3, -0.25) is 4.98 Å². The molecule has 3 heterocycles. The molecule has 0 aromatic carbocycles. The first-order chi connectivity index (χ1) is 10.9. The minimum Gasteiger partial charge on any atom is -0.391 e. The molecule has 23 heavy (non-hydrogen) atoms. The Morgan fingerprint density at radius 1 is 1.26 bits per heavy atom. The number of fused-ring (bicyclic) bond motifs is 1. The molecule has 1 N–H and O–H groups in total. The lowest BCUT2D eigenvalue weighted by Gasteiger charge is -2.19. The van der Waals surface area contributed by atoms with E-state index in [9.17, 15) is 13.5 Å². The standard InChI is InChI=1S/C15H20N4O3S/c1-18(2)23(21,22)10-11-8-19(9-14(11)20)15-12-4-3-6-16-13(12)5-7-17-15/h3-7,11,14,20H,8-10H2,1-2H3/t11-,14-/m0/s1. The Labute approximate surface area is 135 Å². The van der Waals surface area contributed by atoms with Crippen LogP contribution in [0.4, 0.5) is 5.82 Å². The van der Waals surface area contributed by atoms with Gasteiger partial charge in [0.25, 0.3) is 0 Å². The summed E-state index contributed by atoms with van der Waals surface area (Å²) in [6, 6.07) is 5.61. The number of hydrogen-bond donors (Lipinski definition) is 1. The van der Waals surface area contributed by atoms with Crippen molar-refractivity contribution in [3.05, 3.63) is 30.6 Å². The Morgan fingerprint density at radius 2 is 2.04 bits per heavy atom. The number of anilines is 1. The number of nitrogens with zero attached hydrogens (tertiary/aromatic N) is 4. The van der Waals surface area contributed by atoms with Crippen molar-refractivity contribution in [1.29, 1.82) is 0 Å². The number of rotatable bonds is 4. The van der Waals surface area contributed by atoms with Gasteiger partial charge in [0.1, 0.15) is 5.82 Å². The number of aromatic nitrogens is 2. The summed E-state index contributed by atoms with van der Waals surface area (Å²) in [6.45, 7) is 0.823. The summed E-state index contributed by atoms with van der Waals surface area (Å²) in [5, 5.41) is 11.2. The minimum atomic E-state index is -3.35. The lowest BCUT2D eigenvalue weighted by atomic mass is 10.1. The monoisotopic (exact) mass is 336 g/mol. The third-order valence-electron chi connectivity index (χ3n) is 4.20. The van der Waals surface area contributed by atoms with Gasteiger partial charge in [0.15, 0.2) is 0 Å². The smallest absolute Gasteiger partial charge is 0.214 e. The Bertz CT molecular complexity index is 804. The van der Waals surface area contributed by atoms with Crippen LogP contribution in [0, 0.1) is 5.92 Å². The van der Waals surface area contributed by atoms with Gasteiger partial charge < -0.3 is 10.0 Å². The van der Waals surface area contributed by atoms with E-state index >= 15 is 0 Å². The molecule has 0 saturated carbocycles. The number of sulfonamides is 1. The zero-order chi connectivity index (χ0) is 16.6. The van der Waals surface area contributed by atoms with E-state index in [2.05, 4.69) is 9.97 Å². The van der Waals surface area contributed by atoms with Crippen molar-refractivity contribution < 1.29 is 13.5 Å². The predicted molar refractivity (Wildman–Crippen MR) is 88.7 cm³/mol.